The number of aromatic amines is 1. The lowest BCUT2D eigenvalue weighted by atomic mass is 10.1. The predicted molar refractivity (Wildman–Crippen MR) is 93.9 cm³/mol. The van der Waals surface area contributed by atoms with Crippen LogP contribution in [0.4, 0.5) is 0 Å². The SMILES string of the molecule is Cc1nc(-c2cccc(Oc3ccc4c(C)cc(=O)[nH]c4c3)c2)no1. The van der Waals surface area contributed by atoms with Gasteiger partial charge in [-0.3, -0.25) is 4.79 Å². The standard InChI is InChI=1S/C19H15N3O3/c1-11-8-18(23)21-17-10-15(6-7-16(11)17)24-14-5-3-4-13(9-14)19-20-12(2)25-22-19/h3-10H,1-2H3,(H,21,23). The zero-order valence-electron chi connectivity index (χ0n) is 13.7. The van der Waals surface area contributed by atoms with Gasteiger partial charge in [0.05, 0.1) is 5.52 Å². The molecule has 6 heteroatoms. The van der Waals surface area contributed by atoms with Crippen molar-refractivity contribution in [1.29, 1.82) is 0 Å². The van der Waals surface area contributed by atoms with E-state index in [0.717, 1.165) is 22.0 Å². The number of nitrogens with zero attached hydrogens (tertiary/aromatic N) is 2. The fourth-order valence-electron chi connectivity index (χ4n) is 2.73. The van der Waals surface area contributed by atoms with Crippen LogP contribution in [-0.2, 0) is 0 Å². The van der Waals surface area contributed by atoms with Crippen molar-refractivity contribution >= 4 is 10.9 Å². The zero-order chi connectivity index (χ0) is 17.4. The Labute approximate surface area is 143 Å². The normalized spacial score (nSPS) is 11.0. The van der Waals surface area contributed by atoms with Crippen molar-refractivity contribution in [3.05, 3.63) is 70.3 Å². The monoisotopic (exact) mass is 333 g/mol. The summed E-state index contributed by atoms with van der Waals surface area (Å²) in [6, 6.07) is 14.6. The van der Waals surface area contributed by atoms with Gasteiger partial charge in [-0.2, -0.15) is 4.98 Å². The van der Waals surface area contributed by atoms with E-state index in [4.69, 9.17) is 9.26 Å². The number of benzene rings is 2. The molecule has 0 saturated carbocycles. The molecular formula is C19H15N3O3. The third-order valence-electron chi connectivity index (χ3n) is 3.88. The first-order chi connectivity index (χ1) is 12.1. The Hall–Kier alpha value is -3.41. The van der Waals surface area contributed by atoms with E-state index in [0.29, 0.717) is 23.2 Å². The Morgan fingerprint density at radius 1 is 1.04 bits per heavy atom. The summed E-state index contributed by atoms with van der Waals surface area (Å²) in [5.41, 5.74) is 2.35. The molecule has 6 nitrogen and oxygen atoms in total. The first-order valence-electron chi connectivity index (χ1n) is 7.81. The van der Waals surface area contributed by atoms with E-state index in [-0.39, 0.29) is 5.56 Å². The molecule has 0 aliphatic rings. The minimum atomic E-state index is -0.128. The zero-order valence-corrected chi connectivity index (χ0v) is 13.7. The third kappa shape index (κ3) is 3.01. The van der Waals surface area contributed by atoms with E-state index < -0.39 is 0 Å². The minimum Gasteiger partial charge on any atom is -0.457 e. The summed E-state index contributed by atoms with van der Waals surface area (Å²) in [4.78, 5) is 18.7. The number of rotatable bonds is 3. The van der Waals surface area contributed by atoms with Crippen molar-refractivity contribution in [2.45, 2.75) is 13.8 Å². The first kappa shape index (κ1) is 15.1. The first-order valence-corrected chi connectivity index (χ1v) is 7.81. The molecule has 0 bridgehead atoms. The maximum absolute atomic E-state index is 11.7. The molecule has 0 aliphatic heterocycles. The molecule has 0 saturated heterocycles. The Morgan fingerprint density at radius 3 is 2.68 bits per heavy atom. The lowest BCUT2D eigenvalue weighted by Gasteiger charge is -2.08. The van der Waals surface area contributed by atoms with Crippen molar-refractivity contribution in [3.8, 4) is 22.9 Å². The van der Waals surface area contributed by atoms with Crippen LogP contribution < -0.4 is 10.3 Å². The molecule has 124 valence electrons. The van der Waals surface area contributed by atoms with E-state index in [1.54, 1.807) is 13.0 Å². The highest BCUT2D eigenvalue weighted by Crippen LogP contribution is 2.28. The molecule has 2 aromatic carbocycles. The van der Waals surface area contributed by atoms with Crippen LogP contribution in [0.1, 0.15) is 11.5 Å². The Balaban J connectivity index is 1.68. The Bertz CT molecular complexity index is 1130. The van der Waals surface area contributed by atoms with E-state index in [2.05, 4.69) is 15.1 Å². The number of hydrogen-bond donors (Lipinski definition) is 1. The smallest absolute Gasteiger partial charge is 0.248 e. The van der Waals surface area contributed by atoms with Crippen LogP contribution in [0.5, 0.6) is 11.5 Å². The van der Waals surface area contributed by atoms with E-state index in [1.165, 1.54) is 0 Å². The summed E-state index contributed by atoms with van der Waals surface area (Å²) in [5, 5.41) is 4.90. The van der Waals surface area contributed by atoms with Crippen LogP contribution in [0.15, 0.2) is 57.8 Å². The van der Waals surface area contributed by atoms with Gasteiger partial charge in [0.1, 0.15) is 11.5 Å². The van der Waals surface area contributed by atoms with Gasteiger partial charge in [0.15, 0.2) is 0 Å². The summed E-state index contributed by atoms with van der Waals surface area (Å²) < 4.78 is 10.9. The molecule has 0 atom stereocenters. The molecule has 0 spiro atoms. The highest BCUT2D eigenvalue weighted by atomic mass is 16.5. The Morgan fingerprint density at radius 2 is 1.88 bits per heavy atom. The Kier molecular flexibility index (Phi) is 3.57. The molecule has 0 fully saturated rings. The topological polar surface area (TPSA) is 81.0 Å². The molecule has 1 N–H and O–H groups in total. The number of aryl methyl sites for hydroxylation is 2. The van der Waals surface area contributed by atoms with Gasteiger partial charge in [-0.25, -0.2) is 0 Å². The number of pyridine rings is 1. The molecule has 0 amide bonds. The van der Waals surface area contributed by atoms with E-state index in [9.17, 15) is 4.79 Å². The van der Waals surface area contributed by atoms with Gasteiger partial charge in [0, 0.05) is 30.0 Å². The molecule has 0 radical (unpaired) electrons. The fraction of sp³-hybridized carbons (Fsp3) is 0.105. The summed E-state index contributed by atoms with van der Waals surface area (Å²) in [6.07, 6.45) is 0. The summed E-state index contributed by atoms with van der Waals surface area (Å²) in [6.45, 7) is 3.66. The molecular weight excluding hydrogens is 318 g/mol. The van der Waals surface area contributed by atoms with Crippen LogP contribution in [0.3, 0.4) is 0 Å². The van der Waals surface area contributed by atoms with Crippen LogP contribution in [-0.4, -0.2) is 15.1 Å². The third-order valence-corrected chi connectivity index (χ3v) is 3.88. The number of fused-ring (bicyclic) bond motifs is 1. The minimum absolute atomic E-state index is 0.128. The maximum Gasteiger partial charge on any atom is 0.248 e. The molecule has 4 rings (SSSR count). The summed E-state index contributed by atoms with van der Waals surface area (Å²) in [7, 11) is 0. The summed E-state index contributed by atoms with van der Waals surface area (Å²) >= 11 is 0. The molecule has 2 heterocycles. The summed E-state index contributed by atoms with van der Waals surface area (Å²) in [5.74, 6) is 2.31. The van der Waals surface area contributed by atoms with Crippen LogP contribution in [0.25, 0.3) is 22.3 Å². The lowest BCUT2D eigenvalue weighted by molar-refractivity contribution is 0.394. The molecule has 0 unspecified atom stereocenters. The fourth-order valence-corrected chi connectivity index (χ4v) is 2.73. The molecule has 4 aromatic rings. The predicted octanol–water partition coefficient (Wildman–Crippen LogP) is 3.99. The van der Waals surface area contributed by atoms with Gasteiger partial charge in [0.2, 0.25) is 17.3 Å². The van der Waals surface area contributed by atoms with E-state index in [1.807, 2.05) is 49.4 Å². The number of H-pyrrole nitrogens is 1. The number of nitrogens with one attached hydrogen (secondary N) is 1. The van der Waals surface area contributed by atoms with Gasteiger partial charge in [-0.05, 0) is 36.8 Å². The average molecular weight is 333 g/mol. The quantitative estimate of drug-likeness (QED) is 0.613. The molecule has 0 aliphatic carbocycles. The van der Waals surface area contributed by atoms with Crippen LogP contribution >= 0.6 is 0 Å². The van der Waals surface area contributed by atoms with Crippen molar-refractivity contribution in [2.75, 3.05) is 0 Å². The van der Waals surface area contributed by atoms with Crippen molar-refractivity contribution in [1.82, 2.24) is 15.1 Å². The van der Waals surface area contributed by atoms with Gasteiger partial charge >= 0.3 is 0 Å². The number of hydrogen-bond acceptors (Lipinski definition) is 5. The highest BCUT2D eigenvalue weighted by Gasteiger charge is 2.08. The van der Waals surface area contributed by atoms with Crippen molar-refractivity contribution < 1.29 is 9.26 Å². The molecule has 25 heavy (non-hydrogen) atoms. The largest absolute Gasteiger partial charge is 0.457 e. The average Bonchev–Trinajstić information content (AvgIpc) is 3.01. The van der Waals surface area contributed by atoms with E-state index >= 15 is 0 Å². The maximum atomic E-state index is 11.7. The van der Waals surface area contributed by atoms with Crippen molar-refractivity contribution in [2.24, 2.45) is 0 Å². The van der Waals surface area contributed by atoms with Crippen LogP contribution in [0, 0.1) is 13.8 Å². The van der Waals surface area contributed by atoms with Crippen LogP contribution in [0.2, 0.25) is 0 Å². The second kappa shape index (κ2) is 5.90. The number of ether oxygens (including phenoxy) is 1. The van der Waals surface area contributed by atoms with Gasteiger partial charge in [0.25, 0.3) is 0 Å². The number of aromatic nitrogens is 3. The second-order valence-corrected chi connectivity index (χ2v) is 5.79. The van der Waals surface area contributed by atoms with Gasteiger partial charge in [-0.15, -0.1) is 0 Å². The molecule has 2 aromatic heterocycles. The second-order valence-electron chi connectivity index (χ2n) is 5.79. The lowest BCUT2D eigenvalue weighted by Crippen LogP contribution is -2.04. The van der Waals surface area contributed by atoms with Gasteiger partial charge in [-0.1, -0.05) is 17.3 Å². The highest BCUT2D eigenvalue weighted by molar-refractivity contribution is 5.83. The van der Waals surface area contributed by atoms with Crippen molar-refractivity contribution in [3.63, 3.8) is 0 Å². The van der Waals surface area contributed by atoms with Gasteiger partial charge < -0.3 is 14.2 Å².